The number of nitrogens with one attached hydrogen (secondary N) is 2. The van der Waals surface area contributed by atoms with Crippen molar-refractivity contribution in [3.05, 3.63) is 35.2 Å². The Labute approximate surface area is 101 Å². The smallest absolute Gasteiger partial charge is 0.190 e. The molecule has 0 bridgehead atoms. The summed E-state index contributed by atoms with van der Waals surface area (Å²) in [6.45, 7) is 4.96. The van der Waals surface area contributed by atoms with Gasteiger partial charge >= 0.3 is 0 Å². The zero-order valence-corrected chi connectivity index (χ0v) is 10.2. The molecule has 5 heteroatoms. The Balaban J connectivity index is 2.57. The third-order valence-electron chi connectivity index (χ3n) is 2.16. The molecule has 0 aromatic heterocycles. The van der Waals surface area contributed by atoms with Crippen LogP contribution in [0.5, 0.6) is 0 Å². The zero-order valence-electron chi connectivity index (χ0n) is 9.42. The van der Waals surface area contributed by atoms with E-state index in [0.29, 0.717) is 25.3 Å². The molecule has 0 spiro atoms. The number of hydrogen-bond acceptors (Lipinski definition) is 4. The standard InChI is InChI=1S/C11H18ClN3O/c1-8(5-6-13)16-11(14-2)10-4-3-9(12)7-15-10/h3-4,11,14-15H,1,5-7,13H2,2H3. The van der Waals surface area contributed by atoms with Crippen LogP contribution in [-0.4, -0.2) is 26.4 Å². The van der Waals surface area contributed by atoms with Gasteiger partial charge in [0.25, 0.3) is 0 Å². The van der Waals surface area contributed by atoms with E-state index >= 15 is 0 Å². The number of likely N-dealkylation sites (N-methyl/N-ethyl adjacent to an activating group) is 1. The van der Waals surface area contributed by atoms with Gasteiger partial charge in [-0.1, -0.05) is 18.2 Å². The Kier molecular flexibility index (Phi) is 5.38. The number of rotatable bonds is 6. The minimum atomic E-state index is -0.236. The van der Waals surface area contributed by atoms with Crippen molar-refractivity contribution in [2.45, 2.75) is 12.6 Å². The minimum Gasteiger partial charge on any atom is -0.475 e. The molecule has 4 nitrogen and oxygen atoms in total. The summed E-state index contributed by atoms with van der Waals surface area (Å²) in [5.74, 6) is 0.671. The quantitative estimate of drug-likeness (QED) is 0.482. The van der Waals surface area contributed by atoms with Crippen molar-refractivity contribution >= 4 is 11.6 Å². The van der Waals surface area contributed by atoms with Crippen LogP contribution in [-0.2, 0) is 4.74 Å². The van der Waals surface area contributed by atoms with Gasteiger partial charge in [0.1, 0.15) is 0 Å². The molecule has 0 aliphatic carbocycles. The van der Waals surface area contributed by atoms with Crippen LogP contribution in [0.1, 0.15) is 6.42 Å². The predicted octanol–water partition coefficient (Wildman–Crippen LogP) is 1.02. The van der Waals surface area contributed by atoms with Gasteiger partial charge in [0.15, 0.2) is 6.23 Å². The van der Waals surface area contributed by atoms with Gasteiger partial charge in [-0.25, -0.2) is 0 Å². The van der Waals surface area contributed by atoms with Gasteiger partial charge in [-0.15, -0.1) is 0 Å². The van der Waals surface area contributed by atoms with Gasteiger partial charge in [-0.3, -0.25) is 5.32 Å². The molecule has 0 aromatic carbocycles. The summed E-state index contributed by atoms with van der Waals surface area (Å²) >= 11 is 5.84. The van der Waals surface area contributed by atoms with E-state index in [1.165, 1.54) is 0 Å². The van der Waals surface area contributed by atoms with Crippen LogP contribution in [0.15, 0.2) is 35.2 Å². The topological polar surface area (TPSA) is 59.3 Å². The second-order valence-corrected chi connectivity index (χ2v) is 3.94. The molecule has 0 radical (unpaired) electrons. The fourth-order valence-corrected chi connectivity index (χ4v) is 1.46. The average molecular weight is 244 g/mol. The fourth-order valence-electron chi connectivity index (χ4n) is 1.33. The molecule has 16 heavy (non-hydrogen) atoms. The van der Waals surface area contributed by atoms with E-state index in [-0.39, 0.29) is 6.23 Å². The van der Waals surface area contributed by atoms with E-state index < -0.39 is 0 Å². The Bertz CT molecular complexity index is 312. The summed E-state index contributed by atoms with van der Waals surface area (Å²) in [7, 11) is 1.82. The molecule has 1 aliphatic heterocycles. The number of halogens is 1. The normalized spacial score (nSPS) is 16.9. The number of dihydropyridines is 1. The number of hydrogen-bond donors (Lipinski definition) is 3. The van der Waals surface area contributed by atoms with E-state index in [0.717, 1.165) is 10.7 Å². The highest BCUT2D eigenvalue weighted by atomic mass is 35.5. The second kappa shape index (κ2) is 6.58. The molecule has 1 rings (SSSR count). The molecule has 0 fully saturated rings. The van der Waals surface area contributed by atoms with Crippen LogP contribution in [0.2, 0.25) is 0 Å². The number of ether oxygens (including phenoxy) is 1. The third-order valence-corrected chi connectivity index (χ3v) is 2.42. The molecule has 1 unspecified atom stereocenters. The maximum atomic E-state index is 5.84. The van der Waals surface area contributed by atoms with Crippen LogP contribution >= 0.6 is 11.6 Å². The van der Waals surface area contributed by atoms with Crippen molar-refractivity contribution in [1.29, 1.82) is 0 Å². The van der Waals surface area contributed by atoms with Crippen LogP contribution < -0.4 is 16.4 Å². The molecule has 90 valence electrons. The summed E-state index contributed by atoms with van der Waals surface area (Å²) < 4.78 is 5.63. The van der Waals surface area contributed by atoms with Gasteiger partial charge in [-0.2, -0.15) is 0 Å². The van der Waals surface area contributed by atoms with Crippen LogP contribution in [0.4, 0.5) is 0 Å². The first kappa shape index (κ1) is 13.1. The van der Waals surface area contributed by atoms with Gasteiger partial charge in [0, 0.05) is 11.5 Å². The summed E-state index contributed by atoms with van der Waals surface area (Å²) in [5.41, 5.74) is 6.36. The first-order valence-corrected chi connectivity index (χ1v) is 5.57. The van der Waals surface area contributed by atoms with Gasteiger partial charge in [0.05, 0.1) is 18.0 Å². The molecule has 0 saturated heterocycles. The fraction of sp³-hybridized carbons (Fsp3) is 0.455. The molecule has 0 aromatic rings. The Morgan fingerprint density at radius 2 is 2.50 bits per heavy atom. The largest absolute Gasteiger partial charge is 0.475 e. The van der Waals surface area contributed by atoms with Gasteiger partial charge in [0.2, 0.25) is 0 Å². The van der Waals surface area contributed by atoms with Crippen molar-refractivity contribution < 1.29 is 4.74 Å². The van der Waals surface area contributed by atoms with Crippen molar-refractivity contribution in [3.63, 3.8) is 0 Å². The zero-order chi connectivity index (χ0) is 12.0. The Morgan fingerprint density at radius 3 is 3.00 bits per heavy atom. The lowest BCUT2D eigenvalue weighted by Crippen LogP contribution is -2.37. The van der Waals surface area contributed by atoms with Gasteiger partial charge < -0.3 is 15.8 Å². The lowest BCUT2D eigenvalue weighted by Gasteiger charge is -2.25. The summed E-state index contributed by atoms with van der Waals surface area (Å²) in [6, 6.07) is 0. The summed E-state index contributed by atoms with van der Waals surface area (Å²) in [5, 5.41) is 6.99. The van der Waals surface area contributed by atoms with Crippen molar-refractivity contribution in [2.75, 3.05) is 20.1 Å². The first-order valence-electron chi connectivity index (χ1n) is 5.19. The van der Waals surface area contributed by atoms with Crippen LogP contribution in [0.25, 0.3) is 0 Å². The maximum absolute atomic E-state index is 5.84. The molecule has 1 aliphatic rings. The lowest BCUT2D eigenvalue weighted by atomic mass is 10.2. The highest BCUT2D eigenvalue weighted by Crippen LogP contribution is 2.13. The molecular weight excluding hydrogens is 226 g/mol. The monoisotopic (exact) mass is 243 g/mol. The summed E-state index contributed by atoms with van der Waals surface area (Å²) in [6.07, 6.45) is 4.16. The molecular formula is C11H18ClN3O. The van der Waals surface area contributed by atoms with E-state index in [1.54, 1.807) is 0 Å². The molecule has 1 heterocycles. The predicted molar refractivity (Wildman–Crippen MR) is 66.8 cm³/mol. The molecule has 4 N–H and O–H groups in total. The highest BCUT2D eigenvalue weighted by molar-refractivity contribution is 6.30. The lowest BCUT2D eigenvalue weighted by molar-refractivity contribution is 0.112. The number of allylic oxidation sites excluding steroid dienone is 2. The van der Waals surface area contributed by atoms with Crippen molar-refractivity contribution in [2.24, 2.45) is 5.73 Å². The SMILES string of the molecule is C=C(CCN)OC(NC)C1=CC=C(Cl)CN1. The maximum Gasteiger partial charge on any atom is 0.190 e. The van der Waals surface area contributed by atoms with E-state index in [4.69, 9.17) is 22.1 Å². The third kappa shape index (κ3) is 3.89. The molecule has 0 saturated carbocycles. The van der Waals surface area contributed by atoms with E-state index in [1.807, 2.05) is 19.2 Å². The van der Waals surface area contributed by atoms with Crippen molar-refractivity contribution in [3.8, 4) is 0 Å². The van der Waals surface area contributed by atoms with E-state index in [9.17, 15) is 0 Å². The second-order valence-electron chi connectivity index (χ2n) is 3.45. The first-order chi connectivity index (χ1) is 7.67. The Morgan fingerprint density at radius 1 is 1.75 bits per heavy atom. The highest BCUT2D eigenvalue weighted by Gasteiger charge is 2.16. The van der Waals surface area contributed by atoms with Crippen LogP contribution in [0, 0.1) is 0 Å². The number of nitrogens with two attached hydrogens (primary N) is 1. The molecule has 0 amide bonds. The van der Waals surface area contributed by atoms with Crippen LogP contribution in [0.3, 0.4) is 0 Å². The van der Waals surface area contributed by atoms with Gasteiger partial charge in [-0.05, 0) is 25.7 Å². The van der Waals surface area contributed by atoms with E-state index in [2.05, 4.69) is 17.2 Å². The van der Waals surface area contributed by atoms with Crippen molar-refractivity contribution in [1.82, 2.24) is 10.6 Å². The average Bonchev–Trinajstić information content (AvgIpc) is 2.27. The molecule has 1 atom stereocenters. The minimum absolute atomic E-state index is 0.236. The summed E-state index contributed by atoms with van der Waals surface area (Å²) in [4.78, 5) is 0. The Hall–Kier alpha value is -0.970.